The molecule has 0 unspecified atom stereocenters. The molecule has 2 nitrogen and oxygen atoms in total. The van der Waals surface area contributed by atoms with Gasteiger partial charge in [-0.3, -0.25) is 0 Å². The predicted octanol–water partition coefficient (Wildman–Crippen LogP) is 3.05. The van der Waals surface area contributed by atoms with Crippen molar-refractivity contribution in [3.8, 4) is 0 Å². The fourth-order valence-electron chi connectivity index (χ4n) is 2.38. The Morgan fingerprint density at radius 3 is 3.00 bits per heavy atom. The highest BCUT2D eigenvalue weighted by atomic mass is 16.5. The van der Waals surface area contributed by atoms with Crippen LogP contribution in [0, 0.1) is 12.8 Å². The van der Waals surface area contributed by atoms with Gasteiger partial charge in [0.2, 0.25) is 0 Å². The van der Waals surface area contributed by atoms with Crippen LogP contribution in [0.15, 0.2) is 12.1 Å². The summed E-state index contributed by atoms with van der Waals surface area (Å²) < 4.78 is 8.24. The minimum absolute atomic E-state index is 0.830. The van der Waals surface area contributed by atoms with Crippen LogP contribution in [-0.4, -0.2) is 11.2 Å². The van der Waals surface area contributed by atoms with Gasteiger partial charge in [-0.2, -0.15) is 0 Å². The van der Waals surface area contributed by atoms with Gasteiger partial charge in [-0.1, -0.05) is 0 Å². The molecule has 0 bridgehead atoms. The van der Waals surface area contributed by atoms with Gasteiger partial charge in [-0.15, -0.1) is 0 Å². The van der Waals surface area contributed by atoms with Crippen LogP contribution < -0.4 is 0 Å². The zero-order valence-electron chi connectivity index (χ0n) is 10.1. The quantitative estimate of drug-likeness (QED) is 0.759. The van der Waals surface area contributed by atoms with Crippen LogP contribution in [-0.2, 0) is 18.2 Å². The summed E-state index contributed by atoms with van der Waals surface area (Å²) in [6.45, 7) is 3.08. The molecule has 3 rings (SSSR count). The smallest absolute Gasteiger partial charge is 0.124 e. The minimum atomic E-state index is 0.830. The van der Waals surface area contributed by atoms with Crippen molar-refractivity contribution in [2.45, 2.75) is 32.6 Å². The monoisotopic (exact) mass is 217 g/mol. The second-order valence-electron chi connectivity index (χ2n) is 5.07. The van der Waals surface area contributed by atoms with Gasteiger partial charge in [0.05, 0.1) is 6.61 Å². The maximum absolute atomic E-state index is 5.95. The molecule has 1 fully saturated rings. The molecule has 0 aromatic carbocycles. The molecule has 1 heterocycles. The molecular formula is C14H19NO. The molecule has 0 amide bonds. The van der Waals surface area contributed by atoms with E-state index >= 15 is 0 Å². The minimum Gasteiger partial charge on any atom is -0.493 e. The molecule has 0 aliphatic heterocycles. The fourth-order valence-corrected chi connectivity index (χ4v) is 2.38. The molecule has 2 aliphatic rings. The molecule has 0 radical (unpaired) electrons. The lowest BCUT2D eigenvalue weighted by Crippen LogP contribution is -2.06. The average molecular weight is 217 g/mol. The summed E-state index contributed by atoms with van der Waals surface area (Å²) >= 11 is 0. The van der Waals surface area contributed by atoms with E-state index in [2.05, 4.69) is 30.7 Å². The van der Waals surface area contributed by atoms with Gasteiger partial charge in [0.25, 0.3) is 0 Å². The molecule has 0 spiro atoms. The number of fused-ring (bicyclic) bond motifs is 1. The molecule has 0 saturated heterocycles. The lowest BCUT2D eigenvalue weighted by Gasteiger charge is -2.16. The van der Waals surface area contributed by atoms with Crippen molar-refractivity contribution >= 4 is 5.76 Å². The van der Waals surface area contributed by atoms with Gasteiger partial charge < -0.3 is 9.30 Å². The van der Waals surface area contributed by atoms with Gasteiger partial charge in [-0.25, -0.2) is 0 Å². The largest absolute Gasteiger partial charge is 0.493 e. The second-order valence-corrected chi connectivity index (χ2v) is 5.07. The first-order chi connectivity index (χ1) is 7.75. The number of rotatable bonds is 3. The third-order valence-corrected chi connectivity index (χ3v) is 3.75. The van der Waals surface area contributed by atoms with Gasteiger partial charge in [0.15, 0.2) is 0 Å². The number of allylic oxidation sites excluding steroid dienone is 1. The summed E-state index contributed by atoms with van der Waals surface area (Å²) in [5, 5.41) is 0. The van der Waals surface area contributed by atoms with Crippen LogP contribution in [0.3, 0.4) is 0 Å². The van der Waals surface area contributed by atoms with Crippen molar-refractivity contribution in [2.24, 2.45) is 13.0 Å². The van der Waals surface area contributed by atoms with Crippen molar-refractivity contribution < 1.29 is 4.74 Å². The van der Waals surface area contributed by atoms with Crippen molar-refractivity contribution in [2.75, 3.05) is 6.61 Å². The van der Waals surface area contributed by atoms with Crippen LogP contribution >= 0.6 is 0 Å². The van der Waals surface area contributed by atoms with Crippen molar-refractivity contribution in [1.82, 2.24) is 4.57 Å². The van der Waals surface area contributed by atoms with E-state index in [1.807, 2.05) is 0 Å². The first kappa shape index (κ1) is 10.0. The highest BCUT2D eigenvalue weighted by Crippen LogP contribution is 2.34. The average Bonchev–Trinajstić information content (AvgIpc) is 3.06. The topological polar surface area (TPSA) is 14.2 Å². The first-order valence-electron chi connectivity index (χ1n) is 6.24. The van der Waals surface area contributed by atoms with E-state index in [9.17, 15) is 0 Å². The lowest BCUT2D eigenvalue weighted by atomic mass is 10.0. The molecule has 86 valence electrons. The number of aryl methyl sites for hydroxylation is 1. The van der Waals surface area contributed by atoms with Gasteiger partial charge in [0.1, 0.15) is 5.76 Å². The maximum Gasteiger partial charge on any atom is 0.124 e. The number of hydrogen-bond acceptors (Lipinski definition) is 1. The number of ether oxygens (including phenoxy) is 1. The zero-order chi connectivity index (χ0) is 11.1. The van der Waals surface area contributed by atoms with Crippen LogP contribution in [0.1, 0.15) is 36.2 Å². The second kappa shape index (κ2) is 3.69. The molecule has 1 saturated carbocycles. The van der Waals surface area contributed by atoms with Gasteiger partial charge in [-0.05, 0) is 50.7 Å². The molecule has 2 aliphatic carbocycles. The maximum atomic E-state index is 5.95. The third-order valence-electron chi connectivity index (χ3n) is 3.75. The van der Waals surface area contributed by atoms with E-state index in [1.165, 1.54) is 29.8 Å². The van der Waals surface area contributed by atoms with E-state index in [1.54, 1.807) is 0 Å². The number of nitrogens with zero attached hydrogens (tertiary/aromatic N) is 1. The zero-order valence-corrected chi connectivity index (χ0v) is 10.1. The Balaban J connectivity index is 1.84. The SMILES string of the molecule is Cc1cc2c(n1C)CCC=C2OCC1CC1. The Bertz CT molecular complexity index is 438. The predicted molar refractivity (Wildman–Crippen MR) is 65.1 cm³/mol. The third kappa shape index (κ3) is 1.66. The Morgan fingerprint density at radius 2 is 2.25 bits per heavy atom. The molecule has 1 aromatic heterocycles. The summed E-state index contributed by atoms with van der Waals surface area (Å²) in [6, 6.07) is 2.26. The summed E-state index contributed by atoms with van der Waals surface area (Å²) in [7, 11) is 2.15. The summed E-state index contributed by atoms with van der Waals surface area (Å²) in [4.78, 5) is 0. The molecule has 1 aromatic rings. The lowest BCUT2D eigenvalue weighted by molar-refractivity contribution is 0.258. The van der Waals surface area contributed by atoms with Crippen LogP contribution in [0.5, 0.6) is 0 Å². The Labute approximate surface area is 96.9 Å². The molecule has 0 atom stereocenters. The number of hydrogen-bond donors (Lipinski definition) is 0. The number of aromatic nitrogens is 1. The van der Waals surface area contributed by atoms with E-state index in [-0.39, 0.29) is 0 Å². The van der Waals surface area contributed by atoms with Gasteiger partial charge >= 0.3 is 0 Å². The van der Waals surface area contributed by atoms with E-state index in [0.29, 0.717) is 0 Å². The van der Waals surface area contributed by atoms with Crippen LogP contribution in [0.2, 0.25) is 0 Å². The summed E-state index contributed by atoms with van der Waals surface area (Å²) in [5.74, 6) is 1.95. The molecule has 0 N–H and O–H groups in total. The Hall–Kier alpha value is -1.18. The van der Waals surface area contributed by atoms with Crippen molar-refractivity contribution in [3.63, 3.8) is 0 Å². The Kier molecular flexibility index (Phi) is 2.31. The van der Waals surface area contributed by atoms with Crippen molar-refractivity contribution in [1.29, 1.82) is 0 Å². The first-order valence-corrected chi connectivity index (χ1v) is 6.24. The highest BCUT2D eigenvalue weighted by Gasteiger charge is 2.24. The molecule has 16 heavy (non-hydrogen) atoms. The van der Waals surface area contributed by atoms with Crippen LogP contribution in [0.25, 0.3) is 5.76 Å². The normalized spacial score (nSPS) is 19.2. The Morgan fingerprint density at radius 1 is 1.44 bits per heavy atom. The fraction of sp³-hybridized carbons (Fsp3) is 0.571. The highest BCUT2D eigenvalue weighted by molar-refractivity contribution is 5.65. The summed E-state index contributed by atoms with van der Waals surface area (Å²) in [6.07, 6.45) is 7.23. The molecular weight excluding hydrogens is 198 g/mol. The van der Waals surface area contributed by atoms with E-state index in [0.717, 1.165) is 31.1 Å². The van der Waals surface area contributed by atoms with Crippen molar-refractivity contribution in [3.05, 3.63) is 29.1 Å². The van der Waals surface area contributed by atoms with E-state index < -0.39 is 0 Å². The standard InChI is InChI=1S/C14H19NO/c1-10-8-12-13(15(10)2)4-3-5-14(12)16-9-11-6-7-11/h5,8,11H,3-4,6-7,9H2,1-2H3. The summed E-state index contributed by atoms with van der Waals surface area (Å²) in [5.41, 5.74) is 4.09. The van der Waals surface area contributed by atoms with Crippen LogP contribution in [0.4, 0.5) is 0 Å². The van der Waals surface area contributed by atoms with E-state index in [4.69, 9.17) is 4.74 Å². The van der Waals surface area contributed by atoms with Gasteiger partial charge in [0, 0.05) is 24.0 Å². The molecule has 2 heteroatoms.